The number of nitrogens with one attached hydrogen (secondary N) is 1. The fraction of sp³-hybridized carbons (Fsp3) is 0.100. The number of aromatic hydroxyl groups is 1. The van der Waals surface area contributed by atoms with Crippen LogP contribution in [0.5, 0.6) is 17.2 Å². The molecule has 0 fully saturated rings. The monoisotopic (exact) mass is 334 g/mol. The Kier molecular flexibility index (Phi) is 4.66. The number of hydrogen-bond donors (Lipinski definition) is 2. The number of hydrogen-bond acceptors (Lipinski definition) is 4. The molecule has 3 rings (SSSR count). The lowest BCUT2D eigenvalue weighted by Crippen LogP contribution is -2.14. The largest absolute Gasteiger partial charge is 0.505 e. The molecule has 0 atom stereocenters. The molecule has 5 heteroatoms. The Bertz CT molecular complexity index is 888. The summed E-state index contributed by atoms with van der Waals surface area (Å²) in [5.41, 5.74) is 2.35. The van der Waals surface area contributed by atoms with Crippen LogP contribution in [0.3, 0.4) is 0 Å². The summed E-state index contributed by atoms with van der Waals surface area (Å²) in [5, 5.41) is 12.6. The molecule has 5 nitrogen and oxygen atoms in total. The van der Waals surface area contributed by atoms with E-state index in [1.807, 2.05) is 31.2 Å². The van der Waals surface area contributed by atoms with E-state index in [-0.39, 0.29) is 11.4 Å². The van der Waals surface area contributed by atoms with Crippen molar-refractivity contribution in [3.8, 4) is 17.2 Å². The molecule has 3 aromatic rings. The van der Waals surface area contributed by atoms with Gasteiger partial charge in [-0.05, 0) is 61.9 Å². The van der Waals surface area contributed by atoms with Gasteiger partial charge in [0.25, 0.3) is 5.91 Å². The number of rotatable bonds is 4. The Morgan fingerprint density at radius 3 is 2.20 bits per heavy atom. The first kappa shape index (κ1) is 16.5. The van der Waals surface area contributed by atoms with Gasteiger partial charge in [0.1, 0.15) is 17.2 Å². The molecule has 0 aliphatic heterocycles. The Balaban J connectivity index is 1.69. The lowest BCUT2D eigenvalue weighted by Gasteiger charge is -2.09. The van der Waals surface area contributed by atoms with Gasteiger partial charge in [-0.3, -0.25) is 4.79 Å². The minimum Gasteiger partial charge on any atom is -0.505 e. The standard InChI is InChI=1S/C20H18N2O3/c1-13-3-7-16(8-4-13)25-17-9-5-15(6-10-17)22-20(24)18-19(23)14(2)11-12-21-18/h3-12,23H,1-2H3,(H,22,24). The van der Waals surface area contributed by atoms with Crippen LogP contribution in [-0.4, -0.2) is 16.0 Å². The van der Waals surface area contributed by atoms with E-state index < -0.39 is 5.91 Å². The van der Waals surface area contributed by atoms with Crippen LogP contribution in [0.25, 0.3) is 0 Å². The lowest BCUT2D eigenvalue weighted by molar-refractivity contribution is 0.101. The molecule has 0 spiro atoms. The van der Waals surface area contributed by atoms with Crippen molar-refractivity contribution in [2.45, 2.75) is 13.8 Å². The van der Waals surface area contributed by atoms with Gasteiger partial charge in [0.15, 0.2) is 5.69 Å². The molecule has 126 valence electrons. The number of aryl methyl sites for hydroxylation is 2. The molecule has 0 aliphatic rings. The minimum absolute atomic E-state index is 0.0000168. The fourth-order valence-electron chi connectivity index (χ4n) is 2.26. The summed E-state index contributed by atoms with van der Waals surface area (Å²) >= 11 is 0. The second-order valence-corrected chi connectivity index (χ2v) is 5.72. The topological polar surface area (TPSA) is 71.5 Å². The van der Waals surface area contributed by atoms with Crippen LogP contribution < -0.4 is 10.1 Å². The maximum Gasteiger partial charge on any atom is 0.278 e. The average Bonchev–Trinajstić information content (AvgIpc) is 2.61. The SMILES string of the molecule is Cc1ccc(Oc2ccc(NC(=O)c3nccc(C)c3O)cc2)cc1. The molecule has 1 heterocycles. The molecule has 0 saturated heterocycles. The summed E-state index contributed by atoms with van der Waals surface area (Å²) < 4.78 is 5.75. The molecule has 1 amide bonds. The van der Waals surface area contributed by atoms with Crippen LogP contribution in [0.2, 0.25) is 0 Å². The predicted molar refractivity (Wildman–Crippen MR) is 96.3 cm³/mol. The van der Waals surface area contributed by atoms with Crippen LogP contribution >= 0.6 is 0 Å². The third kappa shape index (κ3) is 3.95. The molecule has 0 unspecified atom stereocenters. The van der Waals surface area contributed by atoms with Crippen molar-refractivity contribution in [1.82, 2.24) is 4.98 Å². The van der Waals surface area contributed by atoms with Crippen molar-refractivity contribution in [3.63, 3.8) is 0 Å². The number of nitrogens with zero attached hydrogens (tertiary/aromatic N) is 1. The zero-order chi connectivity index (χ0) is 17.8. The Labute approximate surface area is 145 Å². The van der Waals surface area contributed by atoms with E-state index in [1.165, 1.54) is 11.8 Å². The third-order valence-electron chi connectivity index (χ3n) is 3.71. The number of ether oxygens (including phenoxy) is 1. The van der Waals surface area contributed by atoms with Gasteiger partial charge in [0.05, 0.1) is 0 Å². The molecular weight excluding hydrogens is 316 g/mol. The summed E-state index contributed by atoms with van der Waals surface area (Å²) in [5.74, 6) is 0.836. The van der Waals surface area contributed by atoms with Crippen molar-refractivity contribution in [2.24, 2.45) is 0 Å². The highest BCUT2D eigenvalue weighted by atomic mass is 16.5. The second-order valence-electron chi connectivity index (χ2n) is 5.72. The maximum absolute atomic E-state index is 12.2. The summed E-state index contributed by atoms with van der Waals surface area (Å²) in [6, 6.07) is 16.4. The van der Waals surface area contributed by atoms with E-state index in [4.69, 9.17) is 4.74 Å². The Morgan fingerprint density at radius 2 is 1.56 bits per heavy atom. The Hall–Kier alpha value is -3.34. The number of benzene rings is 2. The number of amides is 1. The molecule has 0 saturated carbocycles. The van der Waals surface area contributed by atoms with Gasteiger partial charge in [-0.1, -0.05) is 17.7 Å². The van der Waals surface area contributed by atoms with E-state index in [9.17, 15) is 9.90 Å². The van der Waals surface area contributed by atoms with Gasteiger partial charge in [0, 0.05) is 11.9 Å². The molecule has 2 N–H and O–H groups in total. The Morgan fingerprint density at radius 1 is 0.960 bits per heavy atom. The molecule has 0 radical (unpaired) electrons. The van der Waals surface area contributed by atoms with Crippen LogP contribution in [-0.2, 0) is 0 Å². The van der Waals surface area contributed by atoms with Gasteiger partial charge in [-0.15, -0.1) is 0 Å². The lowest BCUT2D eigenvalue weighted by atomic mass is 10.2. The maximum atomic E-state index is 12.2. The van der Waals surface area contributed by atoms with Crippen LogP contribution in [0, 0.1) is 13.8 Å². The van der Waals surface area contributed by atoms with Gasteiger partial charge in [-0.2, -0.15) is 0 Å². The zero-order valence-electron chi connectivity index (χ0n) is 14.0. The van der Waals surface area contributed by atoms with Crippen LogP contribution in [0.4, 0.5) is 5.69 Å². The molecule has 1 aromatic heterocycles. The second kappa shape index (κ2) is 7.05. The molecule has 0 aliphatic carbocycles. The molecule has 2 aromatic carbocycles. The van der Waals surface area contributed by atoms with Crippen molar-refractivity contribution in [1.29, 1.82) is 0 Å². The van der Waals surface area contributed by atoms with Crippen molar-refractivity contribution in [2.75, 3.05) is 5.32 Å². The van der Waals surface area contributed by atoms with E-state index >= 15 is 0 Å². The highest BCUT2D eigenvalue weighted by Crippen LogP contribution is 2.24. The van der Waals surface area contributed by atoms with E-state index in [0.29, 0.717) is 17.0 Å². The first-order valence-electron chi connectivity index (χ1n) is 7.83. The van der Waals surface area contributed by atoms with Crippen LogP contribution in [0.1, 0.15) is 21.6 Å². The highest BCUT2D eigenvalue weighted by molar-refractivity contribution is 6.04. The summed E-state index contributed by atoms with van der Waals surface area (Å²) in [6.07, 6.45) is 1.49. The zero-order valence-corrected chi connectivity index (χ0v) is 14.0. The number of aromatic nitrogens is 1. The normalized spacial score (nSPS) is 10.3. The van der Waals surface area contributed by atoms with Crippen molar-refractivity contribution in [3.05, 3.63) is 77.6 Å². The van der Waals surface area contributed by atoms with Gasteiger partial charge >= 0.3 is 0 Å². The highest BCUT2D eigenvalue weighted by Gasteiger charge is 2.14. The summed E-state index contributed by atoms with van der Waals surface area (Å²) in [4.78, 5) is 16.2. The summed E-state index contributed by atoms with van der Waals surface area (Å²) in [6.45, 7) is 3.73. The van der Waals surface area contributed by atoms with Crippen molar-refractivity contribution >= 4 is 11.6 Å². The van der Waals surface area contributed by atoms with E-state index in [2.05, 4.69) is 10.3 Å². The first-order chi connectivity index (χ1) is 12.0. The van der Waals surface area contributed by atoms with E-state index in [0.717, 1.165) is 5.75 Å². The van der Waals surface area contributed by atoms with Crippen LogP contribution in [0.15, 0.2) is 60.8 Å². The average molecular weight is 334 g/mol. The quantitative estimate of drug-likeness (QED) is 0.739. The predicted octanol–water partition coefficient (Wildman–Crippen LogP) is 4.45. The number of pyridine rings is 1. The number of anilines is 1. The van der Waals surface area contributed by atoms with Crippen molar-refractivity contribution < 1.29 is 14.6 Å². The molecule has 25 heavy (non-hydrogen) atoms. The first-order valence-corrected chi connectivity index (χ1v) is 7.83. The minimum atomic E-state index is -0.464. The van der Waals surface area contributed by atoms with Gasteiger partial charge in [-0.25, -0.2) is 4.98 Å². The third-order valence-corrected chi connectivity index (χ3v) is 3.71. The molecule has 0 bridgehead atoms. The fourth-order valence-corrected chi connectivity index (χ4v) is 2.26. The smallest absolute Gasteiger partial charge is 0.278 e. The van der Waals surface area contributed by atoms with Gasteiger partial charge in [0.2, 0.25) is 0 Å². The van der Waals surface area contributed by atoms with E-state index in [1.54, 1.807) is 37.3 Å². The number of carbonyl (C=O) groups is 1. The number of carbonyl (C=O) groups excluding carboxylic acids is 1. The molecular formula is C20H18N2O3. The van der Waals surface area contributed by atoms with Gasteiger partial charge < -0.3 is 15.2 Å². The summed E-state index contributed by atoms with van der Waals surface area (Å²) in [7, 11) is 0.